The molecule has 2 aromatic rings. The number of carbonyl (C=O) groups excluding carboxylic acids is 2. The maximum Gasteiger partial charge on any atom is 0.216 e. The van der Waals surface area contributed by atoms with Gasteiger partial charge in [0.2, 0.25) is 17.2 Å². The lowest BCUT2D eigenvalue weighted by atomic mass is 9.85. The number of nitrogens with zero attached hydrogens (tertiary/aromatic N) is 1. The van der Waals surface area contributed by atoms with Crippen LogP contribution in [0.3, 0.4) is 0 Å². The minimum absolute atomic E-state index is 0.283. The minimum atomic E-state index is -2.11. The summed E-state index contributed by atoms with van der Waals surface area (Å²) in [5, 5.41) is 10.9. The molecule has 0 saturated carbocycles. The van der Waals surface area contributed by atoms with Gasteiger partial charge < -0.3 is 10.0 Å². The van der Waals surface area contributed by atoms with Gasteiger partial charge in [-0.05, 0) is 24.6 Å². The van der Waals surface area contributed by atoms with Crippen molar-refractivity contribution in [3.63, 3.8) is 0 Å². The first-order valence-electron chi connectivity index (χ1n) is 7.07. The molecule has 0 amide bonds. The van der Waals surface area contributed by atoms with E-state index in [1.54, 1.807) is 43.3 Å². The van der Waals surface area contributed by atoms with Gasteiger partial charge in [0.05, 0.1) is 0 Å². The molecule has 2 aromatic carbocycles. The normalized spacial score (nSPS) is 15.8. The first-order valence-corrected chi connectivity index (χ1v) is 7.07. The SMILES string of the molecule is Cc1cc(N(C)C)ccc1C1(O)C(=O)c2ccccc2C1=O. The fourth-order valence-electron chi connectivity index (χ4n) is 2.95. The molecule has 0 saturated heterocycles. The molecule has 112 valence electrons. The zero-order valence-corrected chi connectivity index (χ0v) is 12.8. The van der Waals surface area contributed by atoms with Crippen molar-refractivity contribution in [3.05, 3.63) is 64.7 Å². The zero-order valence-electron chi connectivity index (χ0n) is 12.8. The molecule has 0 bridgehead atoms. The largest absolute Gasteiger partial charge is 0.378 e. The monoisotopic (exact) mass is 295 g/mol. The van der Waals surface area contributed by atoms with E-state index in [-0.39, 0.29) is 11.1 Å². The highest BCUT2D eigenvalue weighted by atomic mass is 16.3. The van der Waals surface area contributed by atoms with Gasteiger partial charge in [0.25, 0.3) is 0 Å². The Kier molecular flexibility index (Phi) is 3.15. The summed E-state index contributed by atoms with van der Waals surface area (Å²) < 4.78 is 0. The second-order valence-corrected chi connectivity index (χ2v) is 5.81. The van der Waals surface area contributed by atoms with E-state index in [0.717, 1.165) is 5.69 Å². The van der Waals surface area contributed by atoms with Crippen LogP contribution in [0.4, 0.5) is 5.69 Å². The molecule has 0 aromatic heterocycles. The Bertz CT molecular complexity index is 758. The number of benzene rings is 2. The molecule has 0 unspecified atom stereocenters. The Morgan fingerprint density at radius 3 is 1.95 bits per heavy atom. The third kappa shape index (κ3) is 1.81. The van der Waals surface area contributed by atoms with Gasteiger partial charge in [0, 0.05) is 36.5 Å². The second-order valence-electron chi connectivity index (χ2n) is 5.81. The number of rotatable bonds is 2. The minimum Gasteiger partial charge on any atom is -0.378 e. The Morgan fingerprint density at radius 1 is 0.955 bits per heavy atom. The molecule has 22 heavy (non-hydrogen) atoms. The topological polar surface area (TPSA) is 57.6 Å². The highest BCUT2D eigenvalue weighted by molar-refractivity contribution is 6.32. The molecule has 4 heteroatoms. The van der Waals surface area contributed by atoms with Crippen LogP contribution in [0.25, 0.3) is 0 Å². The van der Waals surface area contributed by atoms with E-state index in [1.165, 1.54) is 0 Å². The van der Waals surface area contributed by atoms with Gasteiger partial charge in [-0.3, -0.25) is 9.59 Å². The average Bonchev–Trinajstić information content (AvgIpc) is 2.70. The van der Waals surface area contributed by atoms with E-state index in [2.05, 4.69) is 0 Å². The summed E-state index contributed by atoms with van der Waals surface area (Å²) in [6, 6.07) is 11.9. The first-order chi connectivity index (χ1) is 10.4. The molecule has 0 radical (unpaired) electrons. The molecule has 0 heterocycles. The van der Waals surface area contributed by atoms with Crippen molar-refractivity contribution in [1.82, 2.24) is 0 Å². The van der Waals surface area contributed by atoms with E-state index < -0.39 is 17.2 Å². The summed E-state index contributed by atoms with van der Waals surface area (Å²) in [4.78, 5) is 27.2. The van der Waals surface area contributed by atoms with E-state index in [9.17, 15) is 14.7 Å². The van der Waals surface area contributed by atoms with Crippen LogP contribution in [0.1, 0.15) is 31.8 Å². The number of fused-ring (bicyclic) bond motifs is 1. The Morgan fingerprint density at radius 2 is 1.50 bits per heavy atom. The van der Waals surface area contributed by atoms with Crippen LogP contribution < -0.4 is 4.90 Å². The quantitative estimate of drug-likeness (QED) is 0.864. The van der Waals surface area contributed by atoms with Gasteiger partial charge in [-0.25, -0.2) is 0 Å². The molecule has 1 aliphatic carbocycles. The molecule has 1 N–H and O–H groups in total. The average molecular weight is 295 g/mol. The number of hydrogen-bond acceptors (Lipinski definition) is 4. The summed E-state index contributed by atoms with van der Waals surface area (Å²) in [6.45, 7) is 1.80. The third-order valence-electron chi connectivity index (χ3n) is 4.19. The van der Waals surface area contributed by atoms with E-state index in [0.29, 0.717) is 11.1 Å². The van der Waals surface area contributed by atoms with Crippen molar-refractivity contribution in [2.24, 2.45) is 0 Å². The molecule has 0 aliphatic heterocycles. The van der Waals surface area contributed by atoms with E-state index in [4.69, 9.17) is 0 Å². The van der Waals surface area contributed by atoms with Gasteiger partial charge in [-0.15, -0.1) is 0 Å². The van der Waals surface area contributed by atoms with Crippen LogP contribution in [0.15, 0.2) is 42.5 Å². The van der Waals surface area contributed by atoms with Crippen molar-refractivity contribution < 1.29 is 14.7 Å². The predicted molar refractivity (Wildman–Crippen MR) is 84.5 cm³/mol. The third-order valence-corrected chi connectivity index (χ3v) is 4.19. The molecule has 0 fully saturated rings. The molecule has 3 rings (SSSR count). The molecule has 1 aliphatic rings. The highest BCUT2D eigenvalue weighted by Gasteiger charge is 2.53. The molecular formula is C18H17NO3. The summed E-state index contributed by atoms with van der Waals surface area (Å²) >= 11 is 0. The lowest BCUT2D eigenvalue weighted by Crippen LogP contribution is -2.38. The van der Waals surface area contributed by atoms with Crippen molar-refractivity contribution in [2.45, 2.75) is 12.5 Å². The number of anilines is 1. The summed E-state index contributed by atoms with van der Waals surface area (Å²) in [7, 11) is 3.82. The maximum absolute atomic E-state index is 12.6. The molecule has 0 atom stereocenters. The summed E-state index contributed by atoms with van der Waals surface area (Å²) in [5.74, 6) is -1.09. The molecular weight excluding hydrogens is 278 g/mol. The smallest absolute Gasteiger partial charge is 0.216 e. The Balaban J connectivity index is 2.17. The lowest BCUT2D eigenvalue weighted by molar-refractivity contribution is 0.0319. The van der Waals surface area contributed by atoms with Crippen molar-refractivity contribution in [3.8, 4) is 0 Å². The fourth-order valence-corrected chi connectivity index (χ4v) is 2.95. The fraction of sp³-hybridized carbons (Fsp3) is 0.222. The van der Waals surface area contributed by atoms with Gasteiger partial charge in [-0.2, -0.15) is 0 Å². The van der Waals surface area contributed by atoms with E-state index in [1.807, 2.05) is 25.1 Å². The number of hydrogen-bond donors (Lipinski definition) is 1. The molecule has 4 nitrogen and oxygen atoms in total. The summed E-state index contributed by atoms with van der Waals surface area (Å²) in [6.07, 6.45) is 0. The van der Waals surface area contributed by atoms with Crippen LogP contribution in [0.2, 0.25) is 0 Å². The number of aryl methyl sites for hydroxylation is 1. The zero-order chi connectivity index (χ0) is 16.1. The highest BCUT2D eigenvalue weighted by Crippen LogP contribution is 2.39. The standard InChI is InChI=1S/C18H17NO3/c1-11-10-12(19(2)3)8-9-15(11)18(22)16(20)13-6-4-5-7-14(13)17(18)21/h4-10,22H,1-3H3. The Hall–Kier alpha value is -2.46. The van der Waals surface area contributed by atoms with Gasteiger partial charge >= 0.3 is 0 Å². The molecule has 0 spiro atoms. The Labute approximate surface area is 129 Å². The van der Waals surface area contributed by atoms with Gasteiger partial charge in [0.1, 0.15) is 0 Å². The maximum atomic E-state index is 12.6. The van der Waals surface area contributed by atoms with Crippen molar-refractivity contribution in [1.29, 1.82) is 0 Å². The number of carbonyl (C=O) groups is 2. The summed E-state index contributed by atoms with van der Waals surface area (Å²) in [5.41, 5.74) is 0.462. The number of aliphatic hydroxyl groups is 1. The second kappa shape index (κ2) is 4.78. The van der Waals surface area contributed by atoms with Crippen molar-refractivity contribution in [2.75, 3.05) is 19.0 Å². The van der Waals surface area contributed by atoms with Gasteiger partial charge in [0.15, 0.2) is 0 Å². The van der Waals surface area contributed by atoms with Crippen LogP contribution in [0, 0.1) is 6.92 Å². The van der Waals surface area contributed by atoms with Gasteiger partial charge in [-0.1, -0.05) is 30.3 Å². The van der Waals surface area contributed by atoms with Crippen LogP contribution in [-0.4, -0.2) is 30.8 Å². The predicted octanol–water partition coefficient (Wildman–Crippen LogP) is 2.33. The van der Waals surface area contributed by atoms with Crippen molar-refractivity contribution >= 4 is 17.3 Å². The number of ketones is 2. The lowest BCUT2D eigenvalue weighted by Gasteiger charge is -2.23. The van der Waals surface area contributed by atoms with Crippen LogP contribution in [0.5, 0.6) is 0 Å². The van der Waals surface area contributed by atoms with Crippen LogP contribution in [-0.2, 0) is 5.60 Å². The van der Waals surface area contributed by atoms with E-state index >= 15 is 0 Å². The van der Waals surface area contributed by atoms with Crippen LogP contribution >= 0.6 is 0 Å². The number of Topliss-reactive ketones (excluding diaryl/α,β-unsaturated/α-hetero) is 2. The first kappa shape index (κ1) is 14.5.